The van der Waals surface area contributed by atoms with E-state index in [0.29, 0.717) is 22.4 Å². The van der Waals surface area contributed by atoms with E-state index in [2.05, 4.69) is 4.99 Å². The average Bonchev–Trinajstić information content (AvgIpc) is 2.55. The van der Waals surface area contributed by atoms with Gasteiger partial charge in [0.15, 0.2) is 0 Å². The molecular formula is C18H18Cl2N2O. The van der Waals surface area contributed by atoms with Gasteiger partial charge in [0.1, 0.15) is 12.4 Å². The molecule has 0 atom stereocenters. The summed E-state index contributed by atoms with van der Waals surface area (Å²) in [5, 5.41) is 1.18. The van der Waals surface area contributed by atoms with Crippen molar-refractivity contribution in [2.24, 2.45) is 10.7 Å². The Balaban J connectivity index is 2.21. The van der Waals surface area contributed by atoms with Crippen LogP contribution in [0.1, 0.15) is 18.1 Å². The first-order valence-corrected chi connectivity index (χ1v) is 7.84. The first-order valence-electron chi connectivity index (χ1n) is 7.08. The summed E-state index contributed by atoms with van der Waals surface area (Å²) < 4.78 is 5.83. The minimum Gasteiger partial charge on any atom is -0.489 e. The Morgan fingerprint density at radius 1 is 1.17 bits per heavy atom. The fourth-order valence-corrected chi connectivity index (χ4v) is 2.63. The van der Waals surface area contributed by atoms with Crippen molar-refractivity contribution < 1.29 is 4.74 Å². The molecule has 2 aromatic carbocycles. The van der Waals surface area contributed by atoms with Crippen LogP contribution in [-0.4, -0.2) is 12.8 Å². The molecule has 3 nitrogen and oxygen atoms in total. The van der Waals surface area contributed by atoms with Crippen molar-refractivity contribution in [1.82, 2.24) is 0 Å². The maximum Gasteiger partial charge on any atom is 0.120 e. The van der Waals surface area contributed by atoms with Gasteiger partial charge < -0.3 is 10.5 Å². The van der Waals surface area contributed by atoms with E-state index >= 15 is 0 Å². The zero-order valence-corrected chi connectivity index (χ0v) is 14.5. The van der Waals surface area contributed by atoms with Crippen LogP contribution in [0.4, 0.5) is 0 Å². The van der Waals surface area contributed by atoms with Crippen molar-refractivity contribution in [2.45, 2.75) is 13.5 Å². The maximum absolute atomic E-state index is 6.15. The number of allylic oxidation sites excluding steroid dienone is 1. The summed E-state index contributed by atoms with van der Waals surface area (Å²) in [5.74, 6) is 0.710. The van der Waals surface area contributed by atoms with E-state index in [9.17, 15) is 0 Å². The van der Waals surface area contributed by atoms with E-state index in [1.807, 2.05) is 31.2 Å². The van der Waals surface area contributed by atoms with Gasteiger partial charge in [-0.3, -0.25) is 4.99 Å². The molecule has 2 aromatic rings. The largest absolute Gasteiger partial charge is 0.489 e. The van der Waals surface area contributed by atoms with Gasteiger partial charge in [0, 0.05) is 40.1 Å². The molecule has 0 aliphatic rings. The Kier molecular flexibility index (Phi) is 6.08. The molecule has 0 spiro atoms. The molecule has 5 heteroatoms. The van der Waals surface area contributed by atoms with Gasteiger partial charge in [-0.05, 0) is 36.8 Å². The lowest BCUT2D eigenvalue weighted by atomic mass is 10.0. The van der Waals surface area contributed by atoms with Crippen LogP contribution in [-0.2, 0) is 6.61 Å². The van der Waals surface area contributed by atoms with Gasteiger partial charge in [-0.2, -0.15) is 0 Å². The Morgan fingerprint density at radius 2 is 1.83 bits per heavy atom. The standard InChI is InChI=1S/C18H18Cl2N2O/c1-12(22-2)15(10-21)13-5-3-6-14(9-13)23-11-16-17(19)7-4-8-18(16)20/h3-10H,11,21H2,1-2H3. The van der Waals surface area contributed by atoms with Crippen LogP contribution >= 0.6 is 23.2 Å². The van der Waals surface area contributed by atoms with Crippen LogP contribution in [0, 0.1) is 0 Å². The highest BCUT2D eigenvalue weighted by Crippen LogP contribution is 2.27. The minimum absolute atomic E-state index is 0.296. The van der Waals surface area contributed by atoms with Gasteiger partial charge in [0.25, 0.3) is 0 Å². The monoisotopic (exact) mass is 348 g/mol. The number of halogens is 2. The molecule has 0 aliphatic carbocycles. The van der Waals surface area contributed by atoms with E-state index in [-0.39, 0.29) is 0 Å². The van der Waals surface area contributed by atoms with Crippen LogP contribution in [0.3, 0.4) is 0 Å². The average molecular weight is 349 g/mol. The summed E-state index contributed by atoms with van der Waals surface area (Å²) in [5.41, 5.74) is 9.16. The lowest BCUT2D eigenvalue weighted by molar-refractivity contribution is 0.306. The van der Waals surface area contributed by atoms with E-state index < -0.39 is 0 Å². The molecule has 0 fully saturated rings. The van der Waals surface area contributed by atoms with Crippen LogP contribution in [0.25, 0.3) is 5.57 Å². The molecule has 0 aromatic heterocycles. The van der Waals surface area contributed by atoms with Gasteiger partial charge in [0.05, 0.1) is 0 Å². The molecule has 0 aliphatic heterocycles. The molecule has 0 saturated heterocycles. The molecule has 0 amide bonds. The molecular weight excluding hydrogens is 331 g/mol. The number of hydrogen-bond donors (Lipinski definition) is 1. The van der Waals surface area contributed by atoms with Gasteiger partial charge in [0.2, 0.25) is 0 Å². The van der Waals surface area contributed by atoms with E-state index in [0.717, 1.165) is 22.4 Å². The van der Waals surface area contributed by atoms with Crippen molar-refractivity contribution in [3.05, 3.63) is 69.8 Å². The van der Waals surface area contributed by atoms with Gasteiger partial charge in [-0.15, -0.1) is 0 Å². The maximum atomic E-state index is 6.15. The third-order valence-corrected chi connectivity index (χ3v) is 4.19. The Hall–Kier alpha value is -1.97. The quantitative estimate of drug-likeness (QED) is 0.776. The Morgan fingerprint density at radius 3 is 2.43 bits per heavy atom. The predicted molar refractivity (Wildman–Crippen MR) is 98.4 cm³/mol. The molecule has 0 bridgehead atoms. The highest BCUT2D eigenvalue weighted by molar-refractivity contribution is 6.35. The van der Waals surface area contributed by atoms with Crippen LogP contribution in [0.15, 0.2) is 53.7 Å². The highest BCUT2D eigenvalue weighted by atomic mass is 35.5. The summed E-state index contributed by atoms with van der Waals surface area (Å²) in [6.45, 7) is 2.21. The highest BCUT2D eigenvalue weighted by Gasteiger charge is 2.08. The van der Waals surface area contributed by atoms with Gasteiger partial charge in [-0.1, -0.05) is 41.4 Å². The van der Waals surface area contributed by atoms with Crippen LogP contribution < -0.4 is 10.5 Å². The predicted octanol–water partition coefficient (Wildman–Crippen LogP) is 4.96. The van der Waals surface area contributed by atoms with Crippen molar-refractivity contribution in [1.29, 1.82) is 0 Å². The normalized spacial score (nSPS) is 12.3. The zero-order chi connectivity index (χ0) is 16.8. The summed E-state index contributed by atoms with van der Waals surface area (Å²) >= 11 is 12.3. The molecule has 23 heavy (non-hydrogen) atoms. The van der Waals surface area contributed by atoms with E-state index in [1.165, 1.54) is 0 Å². The fourth-order valence-electron chi connectivity index (χ4n) is 2.13. The first-order chi connectivity index (χ1) is 11.1. The van der Waals surface area contributed by atoms with E-state index in [4.69, 9.17) is 33.7 Å². The number of benzene rings is 2. The summed E-state index contributed by atoms with van der Waals surface area (Å²) in [6, 6.07) is 13.0. The number of nitrogens with zero attached hydrogens (tertiary/aromatic N) is 1. The van der Waals surface area contributed by atoms with Crippen molar-refractivity contribution in [3.8, 4) is 5.75 Å². The number of nitrogens with two attached hydrogens (primary N) is 1. The lowest BCUT2D eigenvalue weighted by Gasteiger charge is -2.12. The SMILES string of the molecule is CN=C(C)C(=CN)c1cccc(OCc2c(Cl)cccc2Cl)c1. The third-order valence-electron chi connectivity index (χ3n) is 3.48. The topological polar surface area (TPSA) is 47.6 Å². The molecule has 0 heterocycles. The Bertz CT molecular complexity index is 734. The molecule has 120 valence electrons. The van der Waals surface area contributed by atoms with Gasteiger partial charge in [-0.25, -0.2) is 0 Å². The molecule has 0 radical (unpaired) electrons. The fraction of sp³-hybridized carbons (Fsp3) is 0.167. The minimum atomic E-state index is 0.296. The second-order valence-electron chi connectivity index (χ2n) is 4.91. The lowest BCUT2D eigenvalue weighted by Crippen LogP contribution is -2.01. The second kappa shape index (κ2) is 8.04. The van der Waals surface area contributed by atoms with Crippen LogP contribution in [0.5, 0.6) is 5.75 Å². The molecule has 0 saturated carbocycles. The molecule has 2 rings (SSSR count). The number of ether oxygens (including phenoxy) is 1. The zero-order valence-electron chi connectivity index (χ0n) is 13.0. The summed E-state index contributed by atoms with van der Waals surface area (Å²) in [4.78, 5) is 4.18. The van der Waals surface area contributed by atoms with E-state index in [1.54, 1.807) is 31.4 Å². The third kappa shape index (κ3) is 4.27. The second-order valence-corrected chi connectivity index (χ2v) is 5.72. The molecule has 0 unspecified atom stereocenters. The number of hydrogen-bond acceptors (Lipinski definition) is 3. The summed E-state index contributed by atoms with van der Waals surface area (Å²) in [7, 11) is 1.73. The van der Waals surface area contributed by atoms with Crippen LogP contribution in [0.2, 0.25) is 10.0 Å². The van der Waals surface area contributed by atoms with Crippen molar-refractivity contribution in [3.63, 3.8) is 0 Å². The molecule has 2 N–H and O–H groups in total. The first kappa shape index (κ1) is 17.4. The number of rotatable bonds is 5. The number of aliphatic imine (C=N–C) groups is 1. The van der Waals surface area contributed by atoms with Crippen molar-refractivity contribution >= 4 is 34.5 Å². The van der Waals surface area contributed by atoms with Crippen molar-refractivity contribution in [2.75, 3.05) is 7.05 Å². The smallest absolute Gasteiger partial charge is 0.120 e. The van der Waals surface area contributed by atoms with Gasteiger partial charge >= 0.3 is 0 Å². The Labute approximate surface area is 146 Å². The summed E-state index contributed by atoms with van der Waals surface area (Å²) in [6.07, 6.45) is 1.55.